The van der Waals surface area contributed by atoms with Crippen LogP contribution < -0.4 is 10.4 Å². The van der Waals surface area contributed by atoms with Crippen molar-refractivity contribution in [2.75, 3.05) is 7.11 Å². The molecule has 0 aliphatic carbocycles. The molecule has 1 aromatic heterocycles. The minimum absolute atomic E-state index is 0.277. The summed E-state index contributed by atoms with van der Waals surface area (Å²) in [7, 11) is 2.99. The molecule has 2 aromatic rings. The predicted molar refractivity (Wildman–Crippen MR) is 66.8 cm³/mol. The van der Waals surface area contributed by atoms with Crippen LogP contribution in [0.5, 0.6) is 5.75 Å². The Kier molecular flexibility index (Phi) is 3.48. The molecule has 0 aliphatic rings. The number of ether oxygens (including phenoxy) is 1. The molecule has 0 unspecified atom stereocenters. The fraction of sp³-hybridized carbons (Fsp3) is 0.300. The van der Waals surface area contributed by atoms with E-state index in [2.05, 4.69) is 26.4 Å². The van der Waals surface area contributed by atoms with Gasteiger partial charge in [0.15, 0.2) is 0 Å². The molecule has 0 bridgehead atoms. The zero-order valence-electron chi connectivity index (χ0n) is 9.79. The van der Waals surface area contributed by atoms with Crippen LogP contribution in [0.15, 0.2) is 21.4 Å². The molecule has 0 amide bonds. The summed E-state index contributed by atoms with van der Waals surface area (Å²) in [5, 5.41) is 16.8. The Morgan fingerprint density at radius 3 is 2.67 bits per heavy atom. The number of hydrogen-bond donors (Lipinski definition) is 1. The Labute approximate surface area is 111 Å². The predicted octanol–water partition coefficient (Wildman–Crippen LogP) is 0.229. The first-order chi connectivity index (χ1) is 8.60. The topological polar surface area (TPSA) is 82.2 Å². The highest BCUT2D eigenvalue weighted by molar-refractivity contribution is 9.10. The monoisotopic (exact) mass is 314 g/mol. The zero-order chi connectivity index (χ0) is 13.3. The van der Waals surface area contributed by atoms with Crippen molar-refractivity contribution in [3.63, 3.8) is 0 Å². The van der Waals surface area contributed by atoms with Gasteiger partial charge in [0.05, 0.1) is 19.4 Å². The van der Waals surface area contributed by atoms with Crippen molar-refractivity contribution in [3.05, 3.63) is 32.7 Å². The fourth-order valence-electron chi connectivity index (χ4n) is 1.62. The minimum Gasteiger partial charge on any atom is -0.496 e. The molecule has 0 saturated carbocycles. The van der Waals surface area contributed by atoms with Crippen LogP contribution in [0.1, 0.15) is 5.56 Å². The summed E-state index contributed by atoms with van der Waals surface area (Å²) in [6, 6.07) is 3.41. The SMILES string of the molecule is COc1ccc(Br)c(-n2nnn(C)c2=O)c1CO. The number of methoxy groups -OCH3 is 1. The molecule has 0 atom stereocenters. The summed E-state index contributed by atoms with van der Waals surface area (Å²) < 4.78 is 7.98. The van der Waals surface area contributed by atoms with Gasteiger partial charge in [0, 0.05) is 17.1 Å². The Hall–Kier alpha value is -1.67. The van der Waals surface area contributed by atoms with Gasteiger partial charge in [-0.2, -0.15) is 9.36 Å². The molecular weight excluding hydrogens is 304 g/mol. The maximum Gasteiger partial charge on any atom is 0.368 e. The van der Waals surface area contributed by atoms with Gasteiger partial charge in [-0.05, 0) is 38.5 Å². The number of aromatic nitrogens is 4. The lowest BCUT2D eigenvalue weighted by Crippen LogP contribution is -2.23. The molecule has 0 aliphatic heterocycles. The van der Waals surface area contributed by atoms with Gasteiger partial charge in [0.25, 0.3) is 0 Å². The summed E-state index contributed by atoms with van der Waals surface area (Å²) in [6.45, 7) is -0.277. The van der Waals surface area contributed by atoms with Crippen molar-refractivity contribution in [2.45, 2.75) is 6.61 Å². The molecule has 2 rings (SSSR count). The van der Waals surface area contributed by atoms with E-state index in [0.717, 1.165) is 9.36 Å². The van der Waals surface area contributed by atoms with Crippen LogP contribution in [-0.2, 0) is 13.7 Å². The van der Waals surface area contributed by atoms with Crippen LogP contribution in [0.3, 0.4) is 0 Å². The van der Waals surface area contributed by atoms with Gasteiger partial charge in [0.1, 0.15) is 5.75 Å². The number of tetrazole rings is 1. The van der Waals surface area contributed by atoms with Crippen LogP contribution in [-0.4, -0.2) is 32.0 Å². The fourth-order valence-corrected chi connectivity index (χ4v) is 2.16. The first-order valence-electron chi connectivity index (χ1n) is 5.05. The molecule has 1 heterocycles. The largest absolute Gasteiger partial charge is 0.496 e. The Balaban J connectivity index is 2.77. The molecule has 96 valence electrons. The van der Waals surface area contributed by atoms with E-state index >= 15 is 0 Å². The van der Waals surface area contributed by atoms with Gasteiger partial charge < -0.3 is 9.84 Å². The van der Waals surface area contributed by atoms with Gasteiger partial charge >= 0.3 is 5.69 Å². The number of nitrogens with zero attached hydrogens (tertiary/aromatic N) is 4. The molecule has 8 heteroatoms. The summed E-state index contributed by atoms with van der Waals surface area (Å²) in [6.07, 6.45) is 0. The summed E-state index contributed by atoms with van der Waals surface area (Å²) >= 11 is 3.33. The van der Waals surface area contributed by atoms with E-state index < -0.39 is 5.69 Å². The van der Waals surface area contributed by atoms with E-state index in [1.54, 1.807) is 12.1 Å². The molecule has 7 nitrogen and oxygen atoms in total. The summed E-state index contributed by atoms with van der Waals surface area (Å²) in [5.74, 6) is 0.480. The van der Waals surface area contributed by atoms with Crippen molar-refractivity contribution >= 4 is 15.9 Å². The van der Waals surface area contributed by atoms with Crippen molar-refractivity contribution in [1.82, 2.24) is 19.8 Å². The first-order valence-corrected chi connectivity index (χ1v) is 5.85. The van der Waals surface area contributed by atoms with Crippen LogP contribution in [0.2, 0.25) is 0 Å². The lowest BCUT2D eigenvalue weighted by Gasteiger charge is -2.12. The Morgan fingerprint density at radius 2 is 2.17 bits per heavy atom. The maximum absolute atomic E-state index is 11.8. The van der Waals surface area contributed by atoms with Gasteiger partial charge in [-0.3, -0.25) is 0 Å². The number of benzene rings is 1. The van der Waals surface area contributed by atoms with E-state index in [1.165, 1.54) is 14.2 Å². The number of aliphatic hydroxyl groups excluding tert-OH is 1. The lowest BCUT2D eigenvalue weighted by molar-refractivity contribution is 0.273. The third-order valence-corrected chi connectivity index (χ3v) is 3.14. The molecule has 18 heavy (non-hydrogen) atoms. The van der Waals surface area contributed by atoms with E-state index in [0.29, 0.717) is 21.5 Å². The normalized spacial score (nSPS) is 10.7. The van der Waals surface area contributed by atoms with Gasteiger partial charge in [-0.15, -0.1) is 0 Å². The standard InChI is InChI=1S/C10H11BrN4O3/c1-14-10(17)15(13-12-14)9-6(5-16)8(18-2)4-3-7(9)11/h3-4,16H,5H2,1-2H3. The van der Waals surface area contributed by atoms with Crippen molar-refractivity contribution in [1.29, 1.82) is 0 Å². The van der Waals surface area contributed by atoms with Crippen LogP contribution in [0.25, 0.3) is 5.69 Å². The lowest BCUT2D eigenvalue weighted by atomic mass is 10.1. The third kappa shape index (κ3) is 1.93. The van der Waals surface area contributed by atoms with Crippen molar-refractivity contribution in [2.24, 2.45) is 7.05 Å². The second-order valence-corrected chi connectivity index (χ2v) is 4.39. The highest BCUT2D eigenvalue weighted by Gasteiger charge is 2.17. The average Bonchev–Trinajstić information content (AvgIpc) is 2.69. The molecule has 1 aromatic carbocycles. The average molecular weight is 315 g/mol. The number of aryl methyl sites for hydroxylation is 1. The quantitative estimate of drug-likeness (QED) is 0.877. The second-order valence-electron chi connectivity index (χ2n) is 3.53. The minimum atomic E-state index is -0.404. The smallest absolute Gasteiger partial charge is 0.368 e. The molecular formula is C10H11BrN4O3. The Morgan fingerprint density at radius 1 is 1.44 bits per heavy atom. The van der Waals surface area contributed by atoms with Crippen LogP contribution in [0, 0.1) is 0 Å². The van der Waals surface area contributed by atoms with Crippen LogP contribution >= 0.6 is 15.9 Å². The number of halogens is 1. The number of aliphatic hydroxyl groups is 1. The Bertz CT molecular complexity index is 635. The van der Waals surface area contributed by atoms with Gasteiger partial charge in [0.2, 0.25) is 0 Å². The third-order valence-electron chi connectivity index (χ3n) is 2.50. The van der Waals surface area contributed by atoms with Crippen molar-refractivity contribution in [3.8, 4) is 11.4 Å². The second kappa shape index (κ2) is 4.91. The van der Waals surface area contributed by atoms with Gasteiger partial charge in [-0.1, -0.05) is 0 Å². The first kappa shape index (κ1) is 12.8. The van der Waals surface area contributed by atoms with E-state index in [1.807, 2.05) is 0 Å². The maximum atomic E-state index is 11.8. The highest BCUT2D eigenvalue weighted by atomic mass is 79.9. The van der Waals surface area contributed by atoms with Crippen LogP contribution in [0.4, 0.5) is 0 Å². The number of hydrogen-bond acceptors (Lipinski definition) is 5. The number of rotatable bonds is 3. The van der Waals surface area contributed by atoms with E-state index in [9.17, 15) is 9.90 Å². The van der Waals surface area contributed by atoms with E-state index in [4.69, 9.17) is 4.74 Å². The van der Waals surface area contributed by atoms with Crippen molar-refractivity contribution < 1.29 is 9.84 Å². The molecule has 0 spiro atoms. The summed E-state index contributed by atoms with van der Waals surface area (Å²) in [5.41, 5.74) is 0.489. The molecule has 1 N–H and O–H groups in total. The molecule has 0 radical (unpaired) electrons. The highest BCUT2D eigenvalue weighted by Crippen LogP contribution is 2.30. The molecule has 0 saturated heterocycles. The molecule has 0 fully saturated rings. The van der Waals surface area contributed by atoms with E-state index in [-0.39, 0.29) is 6.61 Å². The van der Waals surface area contributed by atoms with Gasteiger partial charge in [-0.25, -0.2) is 4.79 Å². The summed E-state index contributed by atoms with van der Waals surface area (Å²) in [4.78, 5) is 11.8. The zero-order valence-corrected chi connectivity index (χ0v) is 11.4.